The summed E-state index contributed by atoms with van der Waals surface area (Å²) in [5.74, 6) is 1.71. The standard InChI is InChI=1S/C24H20FN3O2/c1-29-19-12-17-18(13-20(19)30-2)23-22(21(17)14-7-4-3-5-8-14)24(28-27-23)26-16-10-6-9-15(25)11-16/h3-13,21H,1-2H3,(H2,26,27,28). The van der Waals surface area contributed by atoms with Gasteiger partial charge < -0.3 is 14.8 Å². The lowest BCUT2D eigenvalue weighted by Crippen LogP contribution is -2.03. The van der Waals surface area contributed by atoms with Crippen LogP contribution in [-0.4, -0.2) is 24.4 Å². The van der Waals surface area contributed by atoms with E-state index in [2.05, 4.69) is 27.6 Å². The Labute approximate surface area is 173 Å². The predicted octanol–water partition coefficient (Wildman–Crippen LogP) is 5.47. The number of methoxy groups -OCH3 is 2. The van der Waals surface area contributed by atoms with Gasteiger partial charge in [0.25, 0.3) is 0 Å². The van der Waals surface area contributed by atoms with Crippen LogP contribution in [0.4, 0.5) is 15.9 Å². The molecule has 150 valence electrons. The molecule has 0 radical (unpaired) electrons. The normalized spacial score (nSPS) is 14.2. The Morgan fingerprint density at radius 2 is 1.70 bits per heavy atom. The van der Waals surface area contributed by atoms with Crippen molar-refractivity contribution in [1.82, 2.24) is 10.2 Å². The highest BCUT2D eigenvalue weighted by Gasteiger charge is 2.36. The zero-order valence-corrected chi connectivity index (χ0v) is 16.6. The molecule has 1 aromatic heterocycles. The van der Waals surface area contributed by atoms with Gasteiger partial charge in [0.1, 0.15) is 11.6 Å². The van der Waals surface area contributed by atoms with E-state index in [0.29, 0.717) is 17.2 Å². The van der Waals surface area contributed by atoms with E-state index >= 15 is 0 Å². The van der Waals surface area contributed by atoms with Crippen LogP contribution in [0.3, 0.4) is 0 Å². The van der Waals surface area contributed by atoms with Gasteiger partial charge in [-0.2, -0.15) is 5.10 Å². The number of anilines is 2. The number of ether oxygens (including phenoxy) is 2. The molecule has 5 rings (SSSR count). The minimum atomic E-state index is -0.298. The van der Waals surface area contributed by atoms with Crippen molar-refractivity contribution in [2.24, 2.45) is 0 Å². The van der Waals surface area contributed by atoms with E-state index in [9.17, 15) is 4.39 Å². The maximum atomic E-state index is 13.7. The zero-order valence-electron chi connectivity index (χ0n) is 16.6. The summed E-state index contributed by atoms with van der Waals surface area (Å²) in [5, 5.41) is 11.0. The molecule has 1 aliphatic rings. The second kappa shape index (κ2) is 7.22. The van der Waals surface area contributed by atoms with Crippen molar-refractivity contribution < 1.29 is 13.9 Å². The van der Waals surface area contributed by atoms with E-state index in [0.717, 1.165) is 33.8 Å². The van der Waals surface area contributed by atoms with Crippen LogP contribution in [0.15, 0.2) is 66.7 Å². The Hall–Kier alpha value is -3.80. The molecule has 30 heavy (non-hydrogen) atoms. The third-order valence-electron chi connectivity index (χ3n) is 5.44. The molecule has 3 aromatic carbocycles. The maximum Gasteiger partial charge on any atom is 0.161 e. The number of hydrogen-bond acceptors (Lipinski definition) is 4. The third kappa shape index (κ3) is 2.88. The molecule has 1 unspecified atom stereocenters. The van der Waals surface area contributed by atoms with Gasteiger partial charge in [-0.15, -0.1) is 0 Å². The van der Waals surface area contributed by atoms with E-state index in [-0.39, 0.29) is 11.7 Å². The van der Waals surface area contributed by atoms with E-state index in [1.165, 1.54) is 12.1 Å². The average molecular weight is 401 g/mol. The summed E-state index contributed by atoms with van der Waals surface area (Å²) in [4.78, 5) is 0. The number of nitrogens with one attached hydrogen (secondary N) is 2. The molecule has 0 fully saturated rings. The van der Waals surface area contributed by atoms with E-state index in [1.807, 2.05) is 36.4 Å². The fourth-order valence-corrected chi connectivity index (χ4v) is 4.13. The number of H-pyrrole nitrogens is 1. The maximum absolute atomic E-state index is 13.7. The first kappa shape index (κ1) is 18.2. The summed E-state index contributed by atoms with van der Waals surface area (Å²) < 4.78 is 24.8. The van der Waals surface area contributed by atoms with Crippen LogP contribution >= 0.6 is 0 Å². The lowest BCUT2D eigenvalue weighted by Gasteiger charge is -2.17. The van der Waals surface area contributed by atoms with Gasteiger partial charge in [-0.1, -0.05) is 36.4 Å². The SMILES string of the molecule is COc1cc2c(cc1OC)C(c1ccccc1)c1c-2n[nH]c1Nc1cccc(F)c1. The smallest absolute Gasteiger partial charge is 0.161 e. The second-order valence-electron chi connectivity index (χ2n) is 7.13. The van der Waals surface area contributed by atoms with E-state index in [4.69, 9.17) is 9.47 Å². The number of aromatic nitrogens is 2. The van der Waals surface area contributed by atoms with Crippen molar-refractivity contribution in [2.75, 3.05) is 19.5 Å². The van der Waals surface area contributed by atoms with Gasteiger partial charge in [0, 0.05) is 22.7 Å². The van der Waals surface area contributed by atoms with Gasteiger partial charge in [0.05, 0.1) is 19.9 Å². The number of rotatable bonds is 5. The largest absolute Gasteiger partial charge is 0.493 e. The number of aromatic amines is 1. The first-order valence-corrected chi connectivity index (χ1v) is 9.61. The summed E-state index contributed by atoms with van der Waals surface area (Å²) in [6.07, 6.45) is 0. The molecule has 6 heteroatoms. The predicted molar refractivity (Wildman–Crippen MR) is 114 cm³/mol. The molecule has 1 heterocycles. The third-order valence-corrected chi connectivity index (χ3v) is 5.44. The van der Waals surface area contributed by atoms with Gasteiger partial charge in [-0.05, 0) is 41.5 Å². The topological polar surface area (TPSA) is 59.2 Å². The first-order chi connectivity index (χ1) is 14.7. The van der Waals surface area contributed by atoms with Gasteiger partial charge in [-0.25, -0.2) is 4.39 Å². The molecule has 0 bridgehead atoms. The first-order valence-electron chi connectivity index (χ1n) is 9.61. The van der Waals surface area contributed by atoms with Crippen LogP contribution in [0.25, 0.3) is 11.3 Å². The number of benzene rings is 3. The van der Waals surface area contributed by atoms with Crippen molar-refractivity contribution in [3.05, 3.63) is 89.2 Å². The van der Waals surface area contributed by atoms with Crippen LogP contribution in [0, 0.1) is 5.82 Å². The fraction of sp³-hybridized carbons (Fsp3) is 0.125. The Morgan fingerprint density at radius 1 is 0.933 bits per heavy atom. The Kier molecular flexibility index (Phi) is 4.39. The molecule has 0 saturated heterocycles. The Morgan fingerprint density at radius 3 is 2.43 bits per heavy atom. The molecular formula is C24H20FN3O2. The van der Waals surface area contributed by atoms with Crippen LogP contribution in [0.1, 0.15) is 22.6 Å². The van der Waals surface area contributed by atoms with Gasteiger partial charge in [0.2, 0.25) is 0 Å². The van der Waals surface area contributed by atoms with Crippen molar-refractivity contribution in [3.8, 4) is 22.8 Å². The highest BCUT2D eigenvalue weighted by Crippen LogP contribution is 2.53. The Balaban J connectivity index is 1.69. The van der Waals surface area contributed by atoms with Crippen LogP contribution in [-0.2, 0) is 0 Å². The average Bonchev–Trinajstić information content (AvgIpc) is 3.31. The minimum absolute atomic E-state index is 0.0502. The van der Waals surface area contributed by atoms with Crippen molar-refractivity contribution in [3.63, 3.8) is 0 Å². The Bertz CT molecular complexity index is 1220. The van der Waals surface area contributed by atoms with Gasteiger partial charge in [0.15, 0.2) is 11.5 Å². The molecule has 0 spiro atoms. The van der Waals surface area contributed by atoms with Crippen molar-refractivity contribution in [1.29, 1.82) is 0 Å². The van der Waals surface area contributed by atoms with E-state index in [1.54, 1.807) is 20.3 Å². The molecule has 1 aliphatic carbocycles. The minimum Gasteiger partial charge on any atom is -0.493 e. The fourth-order valence-electron chi connectivity index (χ4n) is 4.13. The van der Waals surface area contributed by atoms with Gasteiger partial charge >= 0.3 is 0 Å². The molecule has 0 saturated carbocycles. The molecular weight excluding hydrogens is 381 g/mol. The highest BCUT2D eigenvalue weighted by atomic mass is 19.1. The van der Waals surface area contributed by atoms with Gasteiger partial charge in [-0.3, -0.25) is 5.10 Å². The summed E-state index contributed by atoms with van der Waals surface area (Å²) in [7, 11) is 3.25. The van der Waals surface area contributed by atoms with Crippen molar-refractivity contribution >= 4 is 11.5 Å². The van der Waals surface area contributed by atoms with Crippen molar-refractivity contribution in [2.45, 2.75) is 5.92 Å². The summed E-state index contributed by atoms with van der Waals surface area (Å²) >= 11 is 0. The molecule has 0 amide bonds. The van der Waals surface area contributed by atoms with Crippen LogP contribution in [0.5, 0.6) is 11.5 Å². The van der Waals surface area contributed by atoms with Crippen LogP contribution < -0.4 is 14.8 Å². The number of hydrogen-bond donors (Lipinski definition) is 2. The lowest BCUT2D eigenvalue weighted by atomic mass is 9.89. The summed E-state index contributed by atoms with van der Waals surface area (Å²) in [5.41, 5.74) is 5.72. The molecule has 4 aromatic rings. The lowest BCUT2D eigenvalue weighted by molar-refractivity contribution is 0.355. The molecule has 2 N–H and O–H groups in total. The number of halogens is 1. The molecule has 1 atom stereocenters. The summed E-state index contributed by atoms with van der Waals surface area (Å²) in [6, 6.07) is 20.6. The van der Waals surface area contributed by atoms with E-state index < -0.39 is 0 Å². The zero-order chi connectivity index (χ0) is 20.7. The highest BCUT2D eigenvalue weighted by molar-refractivity contribution is 5.85. The molecule has 5 nitrogen and oxygen atoms in total. The quantitative estimate of drug-likeness (QED) is 0.410. The summed E-state index contributed by atoms with van der Waals surface area (Å²) in [6.45, 7) is 0. The number of nitrogens with zero attached hydrogens (tertiary/aromatic N) is 1. The second-order valence-corrected chi connectivity index (χ2v) is 7.13. The monoisotopic (exact) mass is 401 g/mol. The molecule has 0 aliphatic heterocycles. The van der Waals surface area contributed by atoms with Crippen LogP contribution in [0.2, 0.25) is 0 Å². The number of fused-ring (bicyclic) bond motifs is 3.